The van der Waals surface area contributed by atoms with Crippen LogP contribution in [0.1, 0.15) is 47.0 Å². The van der Waals surface area contributed by atoms with Crippen LogP contribution in [0.3, 0.4) is 0 Å². The molecule has 19 heavy (non-hydrogen) atoms. The lowest BCUT2D eigenvalue weighted by Gasteiger charge is -2.23. The van der Waals surface area contributed by atoms with Gasteiger partial charge < -0.3 is 15.4 Å². The zero-order valence-electron chi connectivity index (χ0n) is 12.7. The smallest absolute Gasteiger partial charge is 0.407 e. The molecule has 4 nitrogen and oxygen atoms in total. The fourth-order valence-corrected chi connectivity index (χ4v) is 3.32. The third kappa shape index (κ3) is 7.67. The maximum Gasteiger partial charge on any atom is 0.407 e. The van der Waals surface area contributed by atoms with Crippen LogP contribution in [0.5, 0.6) is 0 Å². The van der Waals surface area contributed by atoms with E-state index in [4.69, 9.17) is 4.74 Å². The maximum absolute atomic E-state index is 11.4. The molecule has 2 N–H and O–H groups in total. The average Bonchev–Trinajstić information content (AvgIpc) is 2.68. The van der Waals surface area contributed by atoms with Gasteiger partial charge in [-0.05, 0) is 59.3 Å². The van der Waals surface area contributed by atoms with Crippen LogP contribution in [0.2, 0.25) is 0 Å². The van der Waals surface area contributed by atoms with Gasteiger partial charge in [-0.3, -0.25) is 0 Å². The van der Waals surface area contributed by atoms with Crippen molar-refractivity contribution in [2.75, 3.05) is 25.4 Å². The molecule has 1 saturated heterocycles. The van der Waals surface area contributed by atoms with Crippen LogP contribution >= 0.6 is 11.8 Å². The van der Waals surface area contributed by atoms with E-state index < -0.39 is 5.60 Å². The van der Waals surface area contributed by atoms with Gasteiger partial charge in [0.25, 0.3) is 0 Å². The number of carbonyl (C=O) groups excluding carboxylic acids is 1. The van der Waals surface area contributed by atoms with Crippen molar-refractivity contribution in [2.45, 2.75) is 57.3 Å². The molecule has 1 heterocycles. The van der Waals surface area contributed by atoms with Crippen molar-refractivity contribution in [3.8, 4) is 0 Å². The molecule has 1 aliphatic heterocycles. The zero-order chi connectivity index (χ0) is 14.4. The minimum Gasteiger partial charge on any atom is -0.444 e. The first-order valence-electron chi connectivity index (χ1n) is 7.12. The summed E-state index contributed by atoms with van der Waals surface area (Å²) < 4.78 is 5.58. The minimum atomic E-state index is -0.420. The molecule has 0 aromatic carbocycles. The zero-order valence-corrected chi connectivity index (χ0v) is 13.5. The number of hydrogen-bond donors (Lipinski definition) is 2. The fraction of sp³-hybridized carbons (Fsp3) is 0.929. The Morgan fingerprint density at radius 3 is 2.68 bits per heavy atom. The van der Waals surface area contributed by atoms with Crippen molar-refractivity contribution in [1.29, 1.82) is 0 Å². The van der Waals surface area contributed by atoms with Gasteiger partial charge in [-0.25, -0.2) is 4.79 Å². The number of carbonyl (C=O) groups is 1. The molecular weight excluding hydrogens is 260 g/mol. The monoisotopic (exact) mass is 288 g/mol. The molecule has 0 saturated carbocycles. The van der Waals surface area contributed by atoms with E-state index in [2.05, 4.69) is 29.3 Å². The largest absolute Gasteiger partial charge is 0.444 e. The van der Waals surface area contributed by atoms with Crippen molar-refractivity contribution in [1.82, 2.24) is 10.6 Å². The molecule has 1 unspecified atom stereocenters. The molecule has 0 aromatic heterocycles. The van der Waals surface area contributed by atoms with E-state index in [9.17, 15) is 4.79 Å². The molecule has 5 heteroatoms. The number of rotatable bonds is 6. The second kappa shape index (κ2) is 7.39. The predicted molar refractivity (Wildman–Crippen MR) is 81.8 cm³/mol. The molecule has 0 radical (unpaired) electrons. The Bertz CT molecular complexity index is 284. The van der Waals surface area contributed by atoms with Gasteiger partial charge in [0.05, 0.1) is 0 Å². The van der Waals surface area contributed by atoms with Crippen LogP contribution < -0.4 is 10.6 Å². The van der Waals surface area contributed by atoms with Crippen LogP contribution in [0.15, 0.2) is 0 Å². The summed E-state index contributed by atoms with van der Waals surface area (Å²) in [6, 6.07) is 0. The Morgan fingerprint density at radius 2 is 2.11 bits per heavy atom. The van der Waals surface area contributed by atoms with Crippen molar-refractivity contribution in [3.63, 3.8) is 0 Å². The Balaban J connectivity index is 1.98. The van der Waals surface area contributed by atoms with Crippen LogP contribution in [0.4, 0.5) is 4.79 Å². The van der Waals surface area contributed by atoms with E-state index in [0.29, 0.717) is 11.3 Å². The van der Waals surface area contributed by atoms with Crippen LogP contribution in [-0.4, -0.2) is 41.8 Å². The molecule has 0 aliphatic carbocycles. The van der Waals surface area contributed by atoms with Gasteiger partial charge in [-0.15, -0.1) is 0 Å². The number of thioether (sulfide) groups is 1. The third-order valence-electron chi connectivity index (χ3n) is 3.00. The van der Waals surface area contributed by atoms with Gasteiger partial charge >= 0.3 is 6.09 Å². The lowest BCUT2D eigenvalue weighted by Crippen LogP contribution is -2.36. The van der Waals surface area contributed by atoms with Gasteiger partial charge in [0.15, 0.2) is 0 Å². The van der Waals surface area contributed by atoms with Crippen molar-refractivity contribution >= 4 is 17.9 Å². The molecule has 0 bridgehead atoms. The van der Waals surface area contributed by atoms with Gasteiger partial charge in [-0.2, -0.15) is 11.8 Å². The Kier molecular flexibility index (Phi) is 6.47. The van der Waals surface area contributed by atoms with Crippen LogP contribution in [0, 0.1) is 0 Å². The summed E-state index contributed by atoms with van der Waals surface area (Å²) in [4.78, 5) is 11.4. The lowest BCUT2D eigenvalue weighted by molar-refractivity contribution is 0.0527. The van der Waals surface area contributed by atoms with E-state index in [0.717, 1.165) is 19.5 Å². The first-order valence-corrected chi connectivity index (χ1v) is 8.11. The predicted octanol–water partition coefficient (Wildman–Crippen LogP) is 2.78. The maximum atomic E-state index is 11.4. The normalized spacial score (nSPS) is 23.4. The highest BCUT2D eigenvalue weighted by molar-refractivity contribution is 8.00. The number of alkyl carbamates (subject to hydrolysis) is 1. The Morgan fingerprint density at radius 1 is 1.37 bits per heavy atom. The molecular formula is C14H28N2O2S. The number of hydrogen-bond acceptors (Lipinski definition) is 4. The van der Waals surface area contributed by atoms with Crippen molar-refractivity contribution < 1.29 is 9.53 Å². The molecule has 1 fully saturated rings. The SMILES string of the molecule is CC(C)(C)OC(=O)NCCCNCC1(C)CCCS1. The Hall–Kier alpha value is -0.420. The summed E-state index contributed by atoms with van der Waals surface area (Å²) in [5.41, 5.74) is -0.420. The van der Waals surface area contributed by atoms with E-state index in [1.54, 1.807) is 0 Å². The topological polar surface area (TPSA) is 50.4 Å². The van der Waals surface area contributed by atoms with Gasteiger partial charge in [0, 0.05) is 17.8 Å². The first-order chi connectivity index (χ1) is 8.81. The summed E-state index contributed by atoms with van der Waals surface area (Å²) in [5, 5.41) is 6.25. The standard InChI is InChI=1S/C14H28N2O2S/c1-13(2,3)18-12(17)16-9-6-8-15-11-14(4)7-5-10-19-14/h15H,5-11H2,1-4H3,(H,16,17). The van der Waals surface area contributed by atoms with E-state index in [-0.39, 0.29) is 6.09 Å². The highest BCUT2D eigenvalue weighted by atomic mass is 32.2. The second-order valence-corrected chi connectivity index (χ2v) is 8.04. The molecule has 1 atom stereocenters. The average molecular weight is 288 g/mol. The first kappa shape index (κ1) is 16.6. The number of nitrogens with one attached hydrogen (secondary N) is 2. The second-order valence-electron chi connectivity index (χ2n) is 6.36. The van der Waals surface area contributed by atoms with Gasteiger partial charge in [-0.1, -0.05) is 0 Å². The quantitative estimate of drug-likeness (QED) is 0.738. The highest BCUT2D eigenvalue weighted by Crippen LogP contribution is 2.36. The van der Waals surface area contributed by atoms with E-state index >= 15 is 0 Å². The summed E-state index contributed by atoms with van der Waals surface area (Å²) >= 11 is 2.07. The van der Waals surface area contributed by atoms with Gasteiger partial charge in [0.2, 0.25) is 0 Å². The summed E-state index contributed by atoms with van der Waals surface area (Å²) in [6.07, 6.45) is 3.25. The Labute approximate surface area is 121 Å². The van der Waals surface area contributed by atoms with Crippen molar-refractivity contribution in [2.24, 2.45) is 0 Å². The molecule has 0 spiro atoms. The fourth-order valence-electron chi connectivity index (χ4n) is 2.05. The molecule has 112 valence electrons. The lowest BCUT2D eigenvalue weighted by atomic mass is 10.1. The number of amides is 1. The summed E-state index contributed by atoms with van der Waals surface area (Å²) in [6.45, 7) is 10.6. The minimum absolute atomic E-state index is 0.328. The van der Waals surface area contributed by atoms with E-state index in [1.807, 2.05) is 20.8 Å². The van der Waals surface area contributed by atoms with E-state index in [1.165, 1.54) is 18.6 Å². The summed E-state index contributed by atoms with van der Waals surface area (Å²) in [7, 11) is 0. The van der Waals surface area contributed by atoms with Crippen molar-refractivity contribution in [3.05, 3.63) is 0 Å². The van der Waals surface area contributed by atoms with Crippen LogP contribution in [-0.2, 0) is 4.74 Å². The van der Waals surface area contributed by atoms with Crippen LogP contribution in [0.25, 0.3) is 0 Å². The summed E-state index contributed by atoms with van der Waals surface area (Å²) in [5.74, 6) is 1.29. The molecule has 1 aliphatic rings. The van der Waals surface area contributed by atoms with Gasteiger partial charge in [0.1, 0.15) is 5.60 Å². The molecule has 0 aromatic rings. The third-order valence-corrected chi connectivity index (χ3v) is 4.54. The number of ether oxygens (including phenoxy) is 1. The highest BCUT2D eigenvalue weighted by Gasteiger charge is 2.28. The molecule has 1 amide bonds. The molecule has 1 rings (SSSR count).